The van der Waals surface area contributed by atoms with E-state index in [2.05, 4.69) is 9.97 Å². The molecular weight excluding hydrogens is 388 g/mol. The Morgan fingerprint density at radius 3 is 2.43 bits per heavy atom. The predicted molar refractivity (Wildman–Crippen MR) is 101 cm³/mol. The number of anilines is 3. The monoisotopic (exact) mass is 403 g/mol. The van der Waals surface area contributed by atoms with Crippen LogP contribution in [0, 0.1) is 11.6 Å². The summed E-state index contributed by atoms with van der Waals surface area (Å²) in [7, 11) is 0. The molecule has 2 heterocycles. The topological polar surface area (TPSA) is 115 Å². The summed E-state index contributed by atoms with van der Waals surface area (Å²) >= 11 is 0.917. The van der Waals surface area contributed by atoms with Crippen LogP contribution in [-0.2, 0) is 4.79 Å². The first kappa shape index (κ1) is 19.4. The van der Waals surface area contributed by atoms with Crippen LogP contribution >= 0.6 is 11.3 Å². The Labute approximate surface area is 162 Å². The molecule has 0 aliphatic heterocycles. The number of carbonyl (C=O) groups is 2. The molecule has 0 bridgehead atoms. The fourth-order valence-electron chi connectivity index (χ4n) is 2.48. The van der Waals surface area contributed by atoms with Crippen molar-refractivity contribution < 1.29 is 18.4 Å². The van der Waals surface area contributed by atoms with Gasteiger partial charge in [0.2, 0.25) is 11.7 Å². The van der Waals surface area contributed by atoms with Crippen LogP contribution in [0.1, 0.15) is 22.2 Å². The van der Waals surface area contributed by atoms with Crippen LogP contribution in [0.25, 0.3) is 0 Å². The smallest absolute Gasteiger partial charge is 0.240 e. The van der Waals surface area contributed by atoms with Gasteiger partial charge in [0.15, 0.2) is 16.8 Å². The molecule has 1 amide bonds. The number of nitrogen functional groups attached to an aromatic ring is 1. The number of halogens is 2. The van der Waals surface area contributed by atoms with Crippen molar-refractivity contribution in [2.75, 3.05) is 10.6 Å². The fourth-order valence-corrected chi connectivity index (χ4v) is 3.53. The number of primary amides is 1. The van der Waals surface area contributed by atoms with Crippen LogP contribution in [-0.4, -0.2) is 27.7 Å². The number of ketones is 1. The number of nitrogens with two attached hydrogens (primary N) is 2. The highest BCUT2D eigenvalue weighted by molar-refractivity contribution is 7.18. The Kier molecular flexibility index (Phi) is 5.32. The molecule has 28 heavy (non-hydrogen) atoms. The summed E-state index contributed by atoms with van der Waals surface area (Å²) in [5.41, 5.74) is 11.8. The second-order valence-corrected chi connectivity index (χ2v) is 6.80. The third-order valence-electron chi connectivity index (χ3n) is 3.98. The average Bonchev–Trinajstić information content (AvgIpc) is 3.05. The van der Waals surface area contributed by atoms with Gasteiger partial charge in [-0.2, -0.15) is 0 Å². The lowest BCUT2D eigenvalue weighted by Gasteiger charge is -2.26. The van der Waals surface area contributed by atoms with E-state index < -0.39 is 23.6 Å². The van der Waals surface area contributed by atoms with Crippen molar-refractivity contribution in [1.82, 2.24) is 9.97 Å². The number of rotatable bonds is 6. The minimum absolute atomic E-state index is 0.0499. The zero-order valence-corrected chi connectivity index (χ0v) is 15.4. The van der Waals surface area contributed by atoms with Crippen molar-refractivity contribution in [3.8, 4) is 0 Å². The van der Waals surface area contributed by atoms with Crippen molar-refractivity contribution >= 4 is 39.7 Å². The standard InChI is InChI=1S/C18H15F2N5O2S/c1-9(17(22)27)25(11-2-3-12(19)13(20)8-11)18-24-16(21)15(28-18)14(26)10-4-6-23-7-5-10/h2-9H,21H2,1H3,(H2,22,27)/t9-/m0/s1. The summed E-state index contributed by atoms with van der Waals surface area (Å²) in [6, 6.07) is 5.21. The maximum atomic E-state index is 13.7. The fraction of sp³-hybridized carbons (Fsp3) is 0.111. The maximum absolute atomic E-state index is 13.7. The highest BCUT2D eigenvalue weighted by Gasteiger charge is 2.28. The van der Waals surface area contributed by atoms with E-state index >= 15 is 0 Å². The van der Waals surface area contributed by atoms with Crippen molar-refractivity contribution in [1.29, 1.82) is 0 Å². The summed E-state index contributed by atoms with van der Waals surface area (Å²) in [6.45, 7) is 1.48. The Hall–Kier alpha value is -3.40. The van der Waals surface area contributed by atoms with E-state index in [9.17, 15) is 18.4 Å². The molecule has 144 valence electrons. The minimum Gasteiger partial charge on any atom is -0.382 e. The Morgan fingerprint density at radius 1 is 1.14 bits per heavy atom. The molecule has 0 saturated heterocycles. The molecule has 0 unspecified atom stereocenters. The van der Waals surface area contributed by atoms with Gasteiger partial charge >= 0.3 is 0 Å². The van der Waals surface area contributed by atoms with Crippen molar-refractivity contribution in [3.63, 3.8) is 0 Å². The maximum Gasteiger partial charge on any atom is 0.240 e. The number of hydrogen-bond acceptors (Lipinski definition) is 7. The molecule has 0 aliphatic carbocycles. The van der Waals surface area contributed by atoms with Gasteiger partial charge in [-0.05, 0) is 31.2 Å². The lowest BCUT2D eigenvalue weighted by Crippen LogP contribution is -2.40. The highest BCUT2D eigenvalue weighted by atomic mass is 32.1. The first-order valence-corrected chi connectivity index (χ1v) is 8.86. The normalized spacial score (nSPS) is 11.8. The average molecular weight is 403 g/mol. The van der Waals surface area contributed by atoms with E-state index in [1.54, 1.807) is 0 Å². The highest BCUT2D eigenvalue weighted by Crippen LogP contribution is 2.36. The number of hydrogen-bond donors (Lipinski definition) is 2. The van der Waals surface area contributed by atoms with E-state index in [0.717, 1.165) is 23.5 Å². The van der Waals surface area contributed by atoms with Gasteiger partial charge in [0.25, 0.3) is 0 Å². The van der Waals surface area contributed by atoms with Crippen LogP contribution in [0.15, 0.2) is 42.7 Å². The van der Waals surface area contributed by atoms with Gasteiger partial charge in [-0.3, -0.25) is 14.6 Å². The van der Waals surface area contributed by atoms with Gasteiger partial charge in [-0.25, -0.2) is 13.8 Å². The molecule has 10 heteroatoms. The molecule has 1 aromatic carbocycles. The third kappa shape index (κ3) is 3.67. The number of benzene rings is 1. The van der Waals surface area contributed by atoms with E-state index in [1.807, 2.05) is 0 Å². The molecular formula is C18H15F2N5O2S. The first-order chi connectivity index (χ1) is 13.3. The second kappa shape index (κ2) is 7.69. The number of nitrogens with zero attached hydrogens (tertiary/aromatic N) is 3. The number of amides is 1. The van der Waals surface area contributed by atoms with Gasteiger partial charge < -0.3 is 16.4 Å². The SMILES string of the molecule is C[C@@H](C(N)=O)N(c1ccc(F)c(F)c1)c1nc(N)c(C(=O)c2ccncc2)s1. The first-order valence-electron chi connectivity index (χ1n) is 8.04. The number of thiazole rings is 1. The molecule has 0 saturated carbocycles. The van der Waals surface area contributed by atoms with Crippen molar-refractivity contribution in [2.24, 2.45) is 5.73 Å². The van der Waals surface area contributed by atoms with Crippen molar-refractivity contribution in [3.05, 3.63) is 64.8 Å². The summed E-state index contributed by atoms with van der Waals surface area (Å²) in [5.74, 6) is -3.29. The minimum atomic E-state index is -1.10. The lowest BCUT2D eigenvalue weighted by atomic mass is 10.1. The van der Waals surface area contributed by atoms with Crippen LogP contribution < -0.4 is 16.4 Å². The summed E-state index contributed by atoms with van der Waals surface area (Å²) in [6.07, 6.45) is 2.93. The van der Waals surface area contributed by atoms with Crippen LogP contribution in [0.3, 0.4) is 0 Å². The van der Waals surface area contributed by atoms with Crippen LogP contribution in [0.5, 0.6) is 0 Å². The third-order valence-corrected chi connectivity index (χ3v) is 5.05. The molecule has 2 aromatic heterocycles. The molecule has 7 nitrogen and oxygen atoms in total. The Bertz CT molecular complexity index is 1040. The van der Waals surface area contributed by atoms with E-state index in [1.165, 1.54) is 42.4 Å². The zero-order chi connectivity index (χ0) is 20.4. The summed E-state index contributed by atoms with van der Waals surface area (Å²) < 4.78 is 27.1. The van der Waals surface area contributed by atoms with Crippen molar-refractivity contribution in [2.45, 2.75) is 13.0 Å². The molecule has 0 spiro atoms. The predicted octanol–water partition coefficient (Wildman–Crippen LogP) is 2.64. The largest absolute Gasteiger partial charge is 0.382 e. The lowest BCUT2D eigenvalue weighted by molar-refractivity contribution is -0.118. The molecule has 3 aromatic rings. The van der Waals surface area contributed by atoms with Gasteiger partial charge in [-0.15, -0.1) is 0 Å². The number of pyridine rings is 1. The summed E-state index contributed by atoms with van der Waals surface area (Å²) in [5, 5.41) is 0.146. The van der Waals surface area contributed by atoms with Gasteiger partial charge in [0, 0.05) is 29.7 Å². The van der Waals surface area contributed by atoms with Gasteiger partial charge in [0.05, 0.1) is 0 Å². The Balaban J connectivity index is 2.07. The quantitative estimate of drug-likeness (QED) is 0.612. The molecule has 4 N–H and O–H groups in total. The molecule has 0 radical (unpaired) electrons. The van der Waals surface area contributed by atoms with Gasteiger partial charge in [-0.1, -0.05) is 11.3 Å². The summed E-state index contributed by atoms with van der Waals surface area (Å²) in [4.78, 5) is 33.9. The number of aromatic nitrogens is 2. The van der Waals surface area contributed by atoms with E-state index in [0.29, 0.717) is 5.56 Å². The molecule has 0 fully saturated rings. The second-order valence-electron chi connectivity index (χ2n) is 5.82. The molecule has 1 atom stereocenters. The van der Waals surface area contributed by atoms with Crippen LogP contribution in [0.2, 0.25) is 0 Å². The zero-order valence-electron chi connectivity index (χ0n) is 14.6. The molecule has 3 rings (SSSR count). The van der Waals surface area contributed by atoms with Gasteiger partial charge in [0.1, 0.15) is 16.7 Å². The Morgan fingerprint density at radius 2 is 1.82 bits per heavy atom. The van der Waals surface area contributed by atoms with Crippen LogP contribution in [0.4, 0.5) is 25.4 Å². The van der Waals surface area contributed by atoms with E-state index in [4.69, 9.17) is 11.5 Å². The molecule has 0 aliphatic rings. The number of carbonyl (C=O) groups excluding carboxylic acids is 2. The van der Waals surface area contributed by atoms with E-state index in [-0.39, 0.29) is 27.3 Å².